The third-order valence-electron chi connectivity index (χ3n) is 2.55. The molecule has 0 aliphatic carbocycles. The Morgan fingerprint density at radius 2 is 1.73 bits per heavy atom. The molecule has 1 amide bonds. The maximum atomic E-state index is 11.8. The summed E-state index contributed by atoms with van der Waals surface area (Å²) in [5, 5.41) is 3.00. The molecule has 0 aliphatic rings. The molecule has 0 heterocycles. The van der Waals surface area contributed by atoms with Crippen LogP contribution in [-0.2, 0) is 4.79 Å². The number of rotatable bonds is 4. The molecule has 3 N–H and O–H groups in total. The highest BCUT2D eigenvalue weighted by Crippen LogP contribution is 2.19. The van der Waals surface area contributed by atoms with Crippen molar-refractivity contribution >= 4 is 5.91 Å². The van der Waals surface area contributed by atoms with Crippen molar-refractivity contribution in [1.29, 1.82) is 0 Å². The number of amides is 1. The molecule has 1 atom stereocenters. The van der Waals surface area contributed by atoms with E-state index in [1.807, 2.05) is 34.6 Å². The van der Waals surface area contributed by atoms with Gasteiger partial charge in [0.25, 0.3) is 0 Å². The van der Waals surface area contributed by atoms with E-state index in [2.05, 4.69) is 12.2 Å². The normalized spacial score (nSPS) is 14.9. The molecule has 3 heteroatoms. The number of hydrogen-bond donors (Lipinski definition) is 2. The number of nitrogens with one attached hydrogen (secondary N) is 1. The number of carbonyl (C=O) groups is 1. The van der Waals surface area contributed by atoms with Gasteiger partial charge < -0.3 is 11.1 Å². The van der Waals surface area contributed by atoms with Gasteiger partial charge in [-0.3, -0.25) is 4.79 Å². The van der Waals surface area contributed by atoms with E-state index in [-0.39, 0.29) is 16.9 Å². The molecule has 90 valence electrons. The molecule has 0 aromatic rings. The largest absolute Gasteiger partial charge is 0.350 e. The van der Waals surface area contributed by atoms with Gasteiger partial charge in [0.05, 0.1) is 6.04 Å². The van der Waals surface area contributed by atoms with Gasteiger partial charge in [0, 0.05) is 5.54 Å². The van der Waals surface area contributed by atoms with Gasteiger partial charge in [-0.25, -0.2) is 0 Å². The first-order valence-electron chi connectivity index (χ1n) is 5.68. The minimum absolute atomic E-state index is 0.0547. The minimum atomic E-state index is -0.450. The van der Waals surface area contributed by atoms with Crippen molar-refractivity contribution in [1.82, 2.24) is 5.32 Å². The molecular weight excluding hydrogens is 188 g/mol. The molecule has 0 aromatic heterocycles. The fraction of sp³-hybridized carbons (Fsp3) is 0.917. The Morgan fingerprint density at radius 3 is 2.07 bits per heavy atom. The van der Waals surface area contributed by atoms with Crippen LogP contribution in [0.2, 0.25) is 0 Å². The SMILES string of the molecule is CCCC(C)(C)NC(=O)[C@H](N)C(C)(C)C. The summed E-state index contributed by atoms with van der Waals surface area (Å²) in [6.45, 7) is 12.1. The molecule has 0 fully saturated rings. The summed E-state index contributed by atoms with van der Waals surface area (Å²) in [5.74, 6) is -0.0547. The van der Waals surface area contributed by atoms with Gasteiger partial charge >= 0.3 is 0 Å². The highest BCUT2D eigenvalue weighted by Gasteiger charge is 2.30. The lowest BCUT2D eigenvalue weighted by molar-refractivity contribution is -0.126. The summed E-state index contributed by atoms with van der Waals surface area (Å²) in [7, 11) is 0. The highest BCUT2D eigenvalue weighted by molar-refractivity contribution is 5.82. The molecule has 0 unspecified atom stereocenters. The average Bonchev–Trinajstić information content (AvgIpc) is 1.99. The second-order valence-electron chi connectivity index (χ2n) is 5.97. The first-order valence-corrected chi connectivity index (χ1v) is 5.68. The zero-order chi connectivity index (χ0) is 12.3. The smallest absolute Gasteiger partial charge is 0.237 e. The van der Waals surface area contributed by atoms with Gasteiger partial charge in [-0.15, -0.1) is 0 Å². The Bertz CT molecular complexity index is 216. The van der Waals surface area contributed by atoms with E-state index >= 15 is 0 Å². The highest BCUT2D eigenvalue weighted by atomic mass is 16.2. The molecule has 0 rings (SSSR count). The second kappa shape index (κ2) is 4.97. The lowest BCUT2D eigenvalue weighted by Gasteiger charge is -2.32. The molecule has 0 saturated heterocycles. The monoisotopic (exact) mass is 214 g/mol. The zero-order valence-corrected chi connectivity index (χ0v) is 11.0. The Balaban J connectivity index is 4.37. The van der Waals surface area contributed by atoms with E-state index in [4.69, 9.17) is 5.73 Å². The standard InChI is InChI=1S/C12H26N2O/c1-7-8-12(5,6)14-10(15)9(13)11(2,3)4/h9H,7-8,13H2,1-6H3,(H,14,15)/t9-/m0/s1. The van der Waals surface area contributed by atoms with Gasteiger partial charge in [0.15, 0.2) is 0 Å². The van der Waals surface area contributed by atoms with Gasteiger partial charge in [-0.1, -0.05) is 34.1 Å². The van der Waals surface area contributed by atoms with E-state index in [9.17, 15) is 4.79 Å². The van der Waals surface area contributed by atoms with Crippen LogP contribution in [0.4, 0.5) is 0 Å². The van der Waals surface area contributed by atoms with Crippen LogP contribution >= 0.6 is 0 Å². The van der Waals surface area contributed by atoms with Crippen LogP contribution in [0, 0.1) is 5.41 Å². The Kier molecular flexibility index (Phi) is 4.78. The van der Waals surface area contributed by atoms with E-state index in [0.717, 1.165) is 12.8 Å². The lowest BCUT2D eigenvalue weighted by Crippen LogP contribution is -2.54. The Morgan fingerprint density at radius 1 is 1.27 bits per heavy atom. The van der Waals surface area contributed by atoms with Gasteiger partial charge in [0.2, 0.25) is 5.91 Å². The van der Waals surface area contributed by atoms with E-state index in [0.29, 0.717) is 0 Å². The predicted octanol–water partition coefficient (Wildman–Crippen LogP) is 2.05. The summed E-state index contributed by atoms with van der Waals surface area (Å²) in [6.07, 6.45) is 2.02. The summed E-state index contributed by atoms with van der Waals surface area (Å²) >= 11 is 0. The fourth-order valence-corrected chi connectivity index (χ4v) is 1.49. The maximum Gasteiger partial charge on any atom is 0.237 e. The summed E-state index contributed by atoms with van der Waals surface area (Å²) in [5.41, 5.74) is 5.54. The predicted molar refractivity (Wildman–Crippen MR) is 64.6 cm³/mol. The van der Waals surface area contributed by atoms with Crippen LogP contribution in [0.5, 0.6) is 0 Å². The zero-order valence-electron chi connectivity index (χ0n) is 11.0. The van der Waals surface area contributed by atoms with Crippen LogP contribution in [-0.4, -0.2) is 17.5 Å². The fourth-order valence-electron chi connectivity index (χ4n) is 1.49. The van der Waals surface area contributed by atoms with Crippen molar-refractivity contribution < 1.29 is 4.79 Å². The van der Waals surface area contributed by atoms with Crippen LogP contribution in [0.25, 0.3) is 0 Å². The summed E-state index contributed by atoms with van der Waals surface area (Å²) in [6, 6.07) is -0.450. The van der Waals surface area contributed by atoms with Crippen molar-refractivity contribution in [3.05, 3.63) is 0 Å². The third-order valence-corrected chi connectivity index (χ3v) is 2.55. The van der Waals surface area contributed by atoms with Crippen molar-refractivity contribution in [3.63, 3.8) is 0 Å². The molecule has 0 aliphatic heterocycles. The van der Waals surface area contributed by atoms with Crippen molar-refractivity contribution in [2.24, 2.45) is 11.1 Å². The first kappa shape index (κ1) is 14.4. The molecule has 3 nitrogen and oxygen atoms in total. The van der Waals surface area contributed by atoms with E-state index in [1.165, 1.54) is 0 Å². The molecule has 0 bridgehead atoms. The number of carbonyl (C=O) groups excluding carboxylic acids is 1. The molecule has 0 saturated carbocycles. The maximum absolute atomic E-state index is 11.8. The second-order valence-corrected chi connectivity index (χ2v) is 5.97. The Labute approximate surface area is 93.8 Å². The minimum Gasteiger partial charge on any atom is -0.350 e. The van der Waals surface area contributed by atoms with E-state index < -0.39 is 6.04 Å². The topological polar surface area (TPSA) is 55.1 Å². The van der Waals surface area contributed by atoms with Gasteiger partial charge in [-0.05, 0) is 25.7 Å². The van der Waals surface area contributed by atoms with E-state index in [1.54, 1.807) is 0 Å². The third kappa shape index (κ3) is 5.17. The average molecular weight is 214 g/mol. The van der Waals surface area contributed by atoms with Gasteiger partial charge in [0.1, 0.15) is 0 Å². The van der Waals surface area contributed by atoms with Crippen molar-refractivity contribution in [2.75, 3.05) is 0 Å². The van der Waals surface area contributed by atoms with Crippen molar-refractivity contribution in [2.45, 2.75) is 66.0 Å². The summed E-state index contributed by atoms with van der Waals surface area (Å²) in [4.78, 5) is 11.8. The van der Waals surface area contributed by atoms with Crippen LogP contribution in [0.1, 0.15) is 54.4 Å². The Hall–Kier alpha value is -0.570. The number of nitrogens with two attached hydrogens (primary N) is 1. The van der Waals surface area contributed by atoms with Crippen LogP contribution in [0.15, 0.2) is 0 Å². The summed E-state index contributed by atoms with van der Waals surface area (Å²) < 4.78 is 0. The molecule has 0 radical (unpaired) electrons. The van der Waals surface area contributed by atoms with Crippen LogP contribution < -0.4 is 11.1 Å². The van der Waals surface area contributed by atoms with Crippen LogP contribution in [0.3, 0.4) is 0 Å². The lowest BCUT2D eigenvalue weighted by atomic mass is 9.86. The van der Waals surface area contributed by atoms with Crippen molar-refractivity contribution in [3.8, 4) is 0 Å². The van der Waals surface area contributed by atoms with Gasteiger partial charge in [-0.2, -0.15) is 0 Å². The first-order chi connectivity index (χ1) is 6.60. The molecular formula is C12H26N2O. The molecule has 0 aromatic carbocycles. The molecule has 0 spiro atoms. The quantitative estimate of drug-likeness (QED) is 0.752. The number of hydrogen-bond acceptors (Lipinski definition) is 2. The molecule has 15 heavy (non-hydrogen) atoms.